The number of nitriles is 1. The summed E-state index contributed by atoms with van der Waals surface area (Å²) in [6, 6.07) is 16.2. The number of hydrogen-bond donors (Lipinski definition) is 1. The summed E-state index contributed by atoms with van der Waals surface area (Å²) in [6.45, 7) is 0.158. The molecule has 3 rings (SSSR count). The molecule has 108 valence electrons. The highest BCUT2D eigenvalue weighted by atomic mass is 16.6. The Hall–Kier alpha value is -3.33. The number of nitrogens with one attached hydrogen (secondary N) is 1. The van der Waals surface area contributed by atoms with Gasteiger partial charge in [0.2, 0.25) is 0 Å². The molecule has 1 amide bonds. The van der Waals surface area contributed by atoms with Crippen molar-refractivity contribution in [1.29, 1.82) is 5.26 Å². The number of carbonyl (C=O) groups excluding carboxylic acids is 1. The summed E-state index contributed by atoms with van der Waals surface area (Å²) in [6.07, 6.45) is -0.657. The summed E-state index contributed by atoms with van der Waals surface area (Å²) in [5.41, 5.74) is 2.32. The molecule has 0 aliphatic heterocycles. The largest absolute Gasteiger partial charge is 0.444 e. The second-order valence-electron chi connectivity index (χ2n) is 4.50. The van der Waals surface area contributed by atoms with Crippen molar-refractivity contribution in [2.24, 2.45) is 0 Å². The first-order valence-corrected chi connectivity index (χ1v) is 6.53. The summed E-state index contributed by atoms with van der Waals surface area (Å²) < 4.78 is 10.4. The van der Waals surface area contributed by atoms with Crippen LogP contribution in [0.2, 0.25) is 0 Å². The average Bonchev–Trinajstić information content (AvgIpc) is 2.95. The maximum absolute atomic E-state index is 11.7. The normalized spacial score (nSPS) is 10.1. The highest BCUT2D eigenvalue weighted by Gasteiger charge is 2.10. The Bertz CT molecular complexity index is 850. The molecule has 0 unspecified atom stereocenters. The first-order chi connectivity index (χ1) is 10.7. The number of nitrogens with zero attached hydrogens (tertiary/aromatic N) is 2. The lowest BCUT2D eigenvalue weighted by Crippen LogP contribution is -2.13. The standard InChI is InChI=1S/C16H11N3O3/c17-9-12-6-7-13-14(8-12)22-15(18-13)19-16(20)21-10-11-4-2-1-3-5-11/h1-8H,10H2,(H,18,19,20). The Balaban J connectivity index is 1.65. The third-order valence-electron chi connectivity index (χ3n) is 2.94. The van der Waals surface area contributed by atoms with E-state index in [0.29, 0.717) is 16.7 Å². The summed E-state index contributed by atoms with van der Waals surface area (Å²) in [5.74, 6) is 0. The van der Waals surface area contributed by atoms with Gasteiger partial charge in [0.05, 0.1) is 11.6 Å². The van der Waals surface area contributed by atoms with Gasteiger partial charge < -0.3 is 9.15 Å². The molecule has 6 heteroatoms. The zero-order valence-electron chi connectivity index (χ0n) is 11.4. The first-order valence-electron chi connectivity index (χ1n) is 6.53. The van der Waals surface area contributed by atoms with E-state index < -0.39 is 6.09 Å². The number of carbonyl (C=O) groups is 1. The molecule has 0 saturated carbocycles. The van der Waals surface area contributed by atoms with Crippen LogP contribution in [0.3, 0.4) is 0 Å². The number of benzene rings is 2. The lowest BCUT2D eigenvalue weighted by molar-refractivity contribution is 0.154. The topological polar surface area (TPSA) is 88.2 Å². The molecule has 0 bridgehead atoms. The summed E-state index contributed by atoms with van der Waals surface area (Å²) >= 11 is 0. The van der Waals surface area contributed by atoms with E-state index in [-0.39, 0.29) is 12.6 Å². The van der Waals surface area contributed by atoms with Crippen LogP contribution in [0.4, 0.5) is 10.8 Å². The van der Waals surface area contributed by atoms with Crippen molar-refractivity contribution >= 4 is 23.2 Å². The van der Waals surface area contributed by atoms with Gasteiger partial charge in [-0.15, -0.1) is 0 Å². The second-order valence-corrected chi connectivity index (χ2v) is 4.50. The predicted octanol–water partition coefficient (Wildman–Crippen LogP) is 3.45. The van der Waals surface area contributed by atoms with Gasteiger partial charge in [-0.05, 0) is 17.7 Å². The van der Waals surface area contributed by atoms with Crippen LogP contribution in [-0.4, -0.2) is 11.1 Å². The van der Waals surface area contributed by atoms with Crippen LogP contribution in [0, 0.1) is 11.3 Å². The second kappa shape index (κ2) is 5.97. The molecule has 0 spiro atoms. The number of fused-ring (bicyclic) bond motifs is 1. The van der Waals surface area contributed by atoms with E-state index in [9.17, 15) is 4.79 Å². The molecule has 0 atom stereocenters. The van der Waals surface area contributed by atoms with E-state index >= 15 is 0 Å². The zero-order chi connectivity index (χ0) is 15.4. The van der Waals surface area contributed by atoms with Gasteiger partial charge in [0.25, 0.3) is 0 Å². The molecule has 1 N–H and O–H groups in total. The molecule has 0 saturated heterocycles. The monoisotopic (exact) mass is 293 g/mol. The van der Waals surface area contributed by atoms with Crippen molar-refractivity contribution in [2.75, 3.05) is 5.32 Å². The minimum atomic E-state index is -0.657. The molecule has 0 fully saturated rings. The van der Waals surface area contributed by atoms with E-state index in [4.69, 9.17) is 14.4 Å². The highest BCUT2D eigenvalue weighted by molar-refractivity contribution is 5.84. The lowest BCUT2D eigenvalue weighted by atomic mass is 10.2. The maximum Gasteiger partial charge on any atom is 0.415 e. The van der Waals surface area contributed by atoms with E-state index in [1.807, 2.05) is 36.4 Å². The third kappa shape index (κ3) is 3.04. The molecular weight excluding hydrogens is 282 g/mol. The van der Waals surface area contributed by atoms with Crippen molar-refractivity contribution < 1.29 is 13.9 Å². The van der Waals surface area contributed by atoms with E-state index in [0.717, 1.165) is 5.56 Å². The molecule has 1 aromatic heterocycles. The Labute approximate surface area is 125 Å². The van der Waals surface area contributed by atoms with Gasteiger partial charge in [-0.1, -0.05) is 30.3 Å². The molecule has 0 aliphatic carbocycles. The SMILES string of the molecule is N#Cc1ccc2nc(NC(=O)OCc3ccccc3)oc2c1. The molecule has 2 aromatic carbocycles. The number of rotatable bonds is 3. The van der Waals surface area contributed by atoms with Crippen LogP contribution >= 0.6 is 0 Å². The number of hydrogen-bond acceptors (Lipinski definition) is 5. The first kappa shape index (κ1) is 13.6. The molecule has 6 nitrogen and oxygen atoms in total. The van der Waals surface area contributed by atoms with Crippen molar-refractivity contribution in [3.63, 3.8) is 0 Å². The Morgan fingerprint density at radius 1 is 1.27 bits per heavy atom. The number of amides is 1. The molecule has 0 aliphatic rings. The summed E-state index contributed by atoms with van der Waals surface area (Å²) in [5, 5.41) is 11.2. The third-order valence-corrected chi connectivity index (χ3v) is 2.94. The van der Waals surface area contributed by atoms with Crippen LogP contribution in [0.15, 0.2) is 52.9 Å². The Kier molecular flexibility index (Phi) is 3.70. The van der Waals surface area contributed by atoms with Gasteiger partial charge in [-0.25, -0.2) is 10.1 Å². The van der Waals surface area contributed by atoms with Gasteiger partial charge in [-0.2, -0.15) is 10.2 Å². The molecule has 3 aromatic rings. The maximum atomic E-state index is 11.7. The van der Waals surface area contributed by atoms with Crippen molar-refractivity contribution in [3.05, 3.63) is 59.7 Å². The minimum Gasteiger partial charge on any atom is -0.444 e. The van der Waals surface area contributed by atoms with Gasteiger partial charge in [0, 0.05) is 6.07 Å². The fraction of sp³-hybridized carbons (Fsp3) is 0.0625. The van der Waals surface area contributed by atoms with Crippen LogP contribution in [-0.2, 0) is 11.3 Å². The van der Waals surface area contributed by atoms with Crippen molar-refractivity contribution in [1.82, 2.24) is 4.98 Å². The van der Waals surface area contributed by atoms with Gasteiger partial charge in [-0.3, -0.25) is 0 Å². The van der Waals surface area contributed by atoms with E-state index in [1.165, 1.54) is 0 Å². The van der Waals surface area contributed by atoms with E-state index in [2.05, 4.69) is 10.3 Å². The van der Waals surface area contributed by atoms with Gasteiger partial charge >= 0.3 is 12.1 Å². The summed E-state index contributed by atoms with van der Waals surface area (Å²) in [7, 11) is 0. The zero-order valence-corrected chi connectivity index (χ0v) is 11.4. The average molecular weight is 293 g/mol. The summed E-state index contributed by atoms with van der Waals surface area (Å²) in [4.78, 5) is 15.8. The number of aromatic nitrogens is 1. The molecular formula is C16H11N3O3. The van der Waals surface area contributed by atoms with Crippen molar-refractivity contribution in [3.8, 4) is 6.07 Å². The predicted molar refractivity (Wildman–Crippen MR) is 79.0 cm³/mol. The Morgan fingerprint density at radius 2 is 2.09 bits per heavy atom. The highest BCUT2D eigenvalue weighted by Crippen LogP contribution is 2.20. The molecule has 1 heterocycles. The van der Waals surface area contributed by atoms with Crippen LogP contribution in [0.25, 0.3) is 11.1 Å². The molecule has 0 radical (unpaired) electrons. The van der Waals surface area contributed by atoms with Crippen LogP contribution in [0.1, 0.15) is 11.1 Å². The lowest BCUT2D eigenvalue weighted by Gasteiger charge is -2.03. The quantitative estimate of drug-likeness (QED) is 0.799. The fourth-order valence-corrected chi connectivity index (χ4v) is 1.89. The number of anilines is 1. The molecule has 22 heavy (non-hydrogen) atoms. The number of oxazole rings is 1. The van der Waals surface area contributed by atoms with Crippen LogP contribution < -0.4 is 5.32 Å². The number of ether oxygens (including phenoxy) is 1. The van der Waals surface area contributed by atoms with E-state index in [1.54, 1.807) is 18.2 Å². The van der Waals surface area contributed by atoms with Gasteiger partial charge in [0.1, 0.15) is 12.1 Å². The van der Waals surface area contributed by atoms with Crippen LogP contribution in [0.5, 0.6) is 0 Å². The Morgan fingerprint density at radius 3 is 2.86 bits per heavy atom. The van der Waals surface area contributed by atoms with Crippen molar-refractivity contribution in [2.45, 2.75) is 6.61 Å². The fourth-order valence-electron chi connectivity index (χ4n) is 1.89. The smallest absolute Gasteiger partial charge is 0.415 e. The van der Waals surface area contributed by atoms with Gasteiger partial charge in [0.15, 0.2) is 5.58 Å². The minimum absolute atomic E-state index is 0.0307.